The number of hydrogen-bond acceptors (Lipinski definition) is 8. The summed E-state index contributed by atoms with van der Waals surface area (Å²) in [6, 6.07) is 3.76. The number of carbonyl (C=O) groups is 2. The summed E-state index contributed by atoms with van der Waals surface area (Å²) >= 11 is 0. The molecule has 262 valence electrons. The smallest absolute Gasteiger partial charge is 0.414 e. The lowest BCUT2D eigenvalue weighted by molar-refractivity contribution is -0.148. The lowest BCUT2D eigenvalue weighted by Crippen LogP contribution is -2.37. The highest BCUT2D eigenvalue weighted by molar-refractivity contribution is 5.97. The fourth-order valence-electron chi connectivity index (χ4n) is 6.32. The Kier molecular flexibility index (Phi) is 11.7. The van der Waals surface area contributed by atoms with Crippen LogP contribution in [0.15, 0.2) is 30.4 Å². The number of esters is 1. The summed E-state index contributed by atoms with van der Waals surface area (Å²) in [7, 11) is 0. The fraction of sp³-hybridized carbons (Fsp3) is 0.684. The Balaban J connectivity index is 1.66. The monoisotopic (exact) mass is 655 g/mol. The van der Waals surface area contributed by atoms with Crippen molar-refractivity contribution >= 4 is 23.8 Å². The molecule has 0 aliphatic carbocycles. The number of ether oxygens (including phenoxy) is 6. The molecule has 0 spiro atoms. The predicted octanol–water partition coefficient (Wildman–Crippen LogP) is 8.37. The van der Waals surface area contributed by atoms with Crippen LogP contribution in [0.2, 0.25) is 0 Å². The maximum absolute atomic E-state index is 13.7. The first-order valence-electron chi connectivity index (χ1n) is 17.2. The minimum Gasteiger partial charge on any atom is -0.458 e. The van der Waals surface area contributed by atoms with Gasteiger partial charge in [-0.3, -0.25) is 4.90 Å². The zero-order valence-corrected chi connectivity index (χ0v) is 30.4. The van der Waals surface area contributed by atoms with Crippen LogP contribution in [0.4, 0.5) is 10.5 Å². The summed E-state index contributed by atoms with van der Waals surface area (Å²) in [6.07, 6.45) is 10.2. The van der Waals surface area contributed by atoms with Crippen LogP contribution in [0.5, 0.6) is 0 Å². The lowest BCUT2D eigenvalue weighted by Gasteiger charge is -2.29. The third kappa shape index (κ3) is 10.1. The van der Waals surface area contributed by atoms with Crippen molar-refractivity contribution in [3.05, 3.63) is 47.1 Å². The Morgan fingerprint density at radius 2 is 1.68 bits per heavy atom. The first-order valence-corrected chi connectivity index (χ1v) is 17.2. The summed E-state index contributed by atoms with van der Waals surface area (Å²) in [6.45, 7) is 22.3. The molecule has 3 aliphatic heterocycles. The molecule has 9 heteroatoms. The van der Waals surface area contributed by atoms with Gasteiger partial charge in [-0.25, -0.2) is 9.59 Å². The SMILES string of the molecule is Cc1cc(N(CCCCC2COC(C)(C)O2)C(=O)OC(C)(C)C)cc2c1C(=O)O[C@@H](C)[C@H](C)/C=C\[C@@H](C)[C@H]1OC(C)(C)O[C@H]1C/C=C/2. The van der Waals surface area contributed by atoms with E-state index >= 15 is 0 Å². The quantitative estimate of drug-likeness (QED) is 0.172. The minimum absolute atomic E-state index is 0.00776. The summed E-state index contributed by atoms with van der Waals surface area (Å²) < 4.78 is 36.2. The third-order valence-corrected chi connectivity index (χ3v) is 8.86. The number of nitrogens with zero attached hydrogens (tertiary/aromatic N) is 1. The standard InChI is InChI=1S/C38H57NO8/c1-24-18-19-25(2)33-31(45-38(10,11)46-33)17-14-15-28-22-29(21-26(3)32(28)34(40)43-27(24)4)39(35(41)47-36(5,6)7)20-13-12-16-30-23-42-37(8,9)44-30/h14-15,18-19,21-22,24-25,27,30-31,33H,12-13,16-17,20,23H2,1-11H3/b15-14+,19-18-/t24-,25-,27+,30?,31+,33-/m1/s1. The van der Waals surface area contributed by atoms with Crippen molar-refractivity contribution in [1.29, 1.82) is 0 Å². The molecular weight excluding hydrogens is 598 g/mol. The van der Waals surface area contributed by atoms with Gasteiger partial charge in [0.15, 0.2) is 11.6 Å². The summed E-state index contributed by atoms with van der Waals surface area (Å²) in [5.74, 6) is -1.55. The fourth-order valence-corrected chi connectivity index (χ4v) is 6.32. The van der Waals surface area contributed by atoms with Gasteiger partial charge in [-0.2, -0.15) is 0 Å². The Labute approximate surface area is 281 Å². The van der Waals surface area contributed by atoms with Crippen LogP contribution in [0, 0.1) is 18.8 Å². The second-order valence-electron chi connectivity index (χ2n) is 15.3. The number of unbranched alkanes of at least 4 members (excludes halogenated alkanes) is 1. The molecule has 1 unspecified atom stereocenters. The molecule has 1 aromatic carbocycles. The van der Waals surface area contributed by atoms with E-state index in [1.807, 2.05) is 93.5 Å². The van der Waals surface area contributed by atoms with Gasteiger partial charge in [0.25, 0.3) is 0 Å². The first kappa shape index (κ1) is 37.1. The Morgan fingerprint density at radius 1 is 0.979 bits per heavy atom. The number of amides is 1. The number of cyclic esters (lactones) is 1. The van der Waals surface area contributed by atoms with Gasteiger partial charge in [0.2, 0.25) is 0 Å². The van der Waals surface area contributed by atoms with Gasteiger partial charge < -0.3 is 28.4 Å². The molecular formula is C38H57NO8. The van der Waals surface area contributed by atoms with E-state index in [2.05, 4.69) is 19.1 Å². The molecule has 4 rings (SSSR count). The van der Waals surface area contributed by atoms with Crippen molar-refractivity contribution in [2.24, 2.45) is 11.8 Å². The number of hydrogen-bond donors (Lipinski definition) is 0. The number of benzene rings is 1. The van der Waals surface area contributed by atoms with Gasteiger partial charge in [-0.05, 0) is 111 Å². The molecule has 9 nitrogen and oxygen atoms in total. The van der Waals surface area contributed by atoms with Crippen LogP contribution in [-0.4, -0.2) is 66.8 Å². The van der Waals surface area contributed by atoms with Crippen molar-refractivity contribution in [2.45, 2.75) is 143 Å². The predicted molar refractivity (Wildman–Crippen MR) is 183 cm³/mol. The molecule has 1 amide bonds. The highest BCUT2D eigenvalue weighted by Gasteiger charge is 2.42. The number of aryl methyl sites for hydroxylation is 1. The van der Waals surface area contributed by atoms with Crippen LogP contribution < -0.4 is 4.90 Å². The maximum atomic E-state index is 13.7. The molecule has 0 aromatic heterocycles. The molecule has 3 heterocycles. The molecule has 47 heavy (non-hydrogen) atoms. The first-order chi connectivity index (χ1) is 21.8. The summed E-state index contributed by atoms with van der Waals surface area (Å²) in [5, 5.41) is 0. The zero-order chi connectivity index (χ0) is 34.7. The summed E-state index contributed by atoms with van der Waals surface area (Å²) in [5.41, 5.74) is 1.86. The Bertz CT molecular complexity index is 1330. The normalized spacial score (nSPS) is 30.4. The Morgan fingerprint density at radius 3 is 2.34 bits per heavy atom. The van der Waals surface area contributed by atoms with Crippen molar-refractivity contribution in [3.8, 4) is 0 Å². The third-order valence-electron chi connectivity index (χ3n) is 8.86. The number of anilines is 1. The van der Waals surface area contributed by atoms with Gasteiger partial charge >= 0.3 is 12.1 Å². The summed E-state index contributed by atoms with van der Waals surface area (Å²) in [4.78, 5) is 29.0. The van der Waals surface area contributed by atoms with E-state index in [4.69, 9.17) is 28.4 Å². The van der Waals surface area contributed by atoms with Crippen LogP contribution >= 0.6 is 0 Å². The van der Waals surface area contributed by atoms with Gasteiger partial charge in [-0.15, -0.1) is 0 Å². The van der Waals surface area contributed by atoms with E-state index in [1.54, 1.807) is 4.90 Å². The molecule has 0 N–H and O–H groups in total. The molecule has 0 saturated carbocycles. The zero-order valence-electron chi connectivity index (χ0n) is 30.4. The van der Waals surface area contributed by atoms with E-state index in [-0.39, 0.29) is 36.3 Å². The van der Waals surface area contributed by atoms with Crippen LogP contribution in [0.1, 0.15) is 116 Å². The van der Waals surface area contributed by atoms with Crippen molar-refractivity contribution < 1.29 is 38.0 Å². The van der Waals surface area contributed by atoms with Gasteiger partial charge in [-0.1, -0.05) is 38.2 Å². The van der Waals surface area contributed by atoms with E-state index in [0.717, 1.165) is 24.8 Å². The molecule has 0 bridgehead atoms. The van der Waals surface area contributed by atoms with Crippen molar-refractivity contribution in [2.75, 3.05) is 18.1 Å². The largest absolute Gasteiger partial charge is 0.458 e. The molecule has 6 atom stereocenters. The van der Waals surface area contributed by atoms with E-state index in [9.17, 15) is 9.59 Å². The topological polar surface area (TPSA) is 92.8 Å². The maximum Gasteiger partial charge on any atom is 0.414 e. The van der Waals surface area contributed by atoms with E-state index in [1.165, 1.54) is 0 Å². The molecule has 1 aromatic rings. The second kappa shape index (κ2) is 14.8. The van der Waals surface area contributed by atoms with Crippen molar-refractivity contribution in [3.63, 3.8) is 0 Å². The van der Waals surface area contributed by atoms with Crippen molar-refractivity contribution in [1.82, 2.24) is 0 Å². The molecule has 3 aliphatic rings. The van der Waals surface area contributed by atoms with Gasteiger partial charge in [0.05, 0.1) is 30.5 Å². The average Bonchev–Trinajstić information content (AvgIpc) is 3.46. The second-order valence-corrected chi connectivity index (χ2v) is 15.3. The van der Waals surface area contributed by atoms with E-state index in [0.29, 0.717) is 36.4 Å². The molecule has 0 radical (unpaired) electrons. The molecule has 2 saturated heterocycles. The molecule has 2 fully saturated rings. The number of carbonyl (C=O) groups excluding carboxylic acids is 2. The van der Waals surface area contributed by atoms with E-state index < -0.39 is 29.2 Å². The highest BCUT2D eigenvalue weighted by atomic mass is 16.8. The number of rotatable bonds is 6. The highest BCUT2D eigenvalue weighted by Crippen LogP contribution is 2.36. The Hall–Kier alpha value is -2.72. The lowest BCUT2D eigenvalue weighted by atomic mass is 9.93. The van der Waals surface area contributed by atoms with Gasteiger partial charge in [0, 0.05) is 24.1 Å². The number of fused-ring (bicyclic) bond motifs is 2. The van der Waals surface area contributed by atoms with Crippen LogP contribution in [-0.2, 0) is 28.4 Å². The van der Waals surface area contributed by atoms with Crippen LogP contribution in [0.3, 0.4) is 0 Å². The van der Waals surface area contributed by atoms with Crippen LogP contribution in [0.25, 0.3) is 6.08 Å². The van der Waals surface area contributed by atoms with Gasteiger partial charge in [0.1, 0.15) is 11.7 Å². The minimum atomic E-state index is -0.695. The average molecular weight is 656 g/mol.